The van der Waals surface area contributed by atoms with Gasteiger partial charge in [0.15, 0.2) is 0 Å². The van der Waals surface area contributed by atoms with E-state index in [0.29, 0.717) is 0 Å². The highest BCUT2D eigenvalue weighted by Crippen LogP contribution is 2.41. The first kappa shape index (κ1) is 20.2. The zero-order valence-corrected chi connectivity index (χ0v) is 18.3. The van der Waals surface area contributed by atoms with Crippen molar-refractivity contribution in [3.8, 4) is 5.75 Å². The van der Waals surface area contributed by atoms with Crippen molar-refractivity contribution >= 4 is 31.5 Å². The Morgan fingerprint density at radius 3 is 2.15 bits per heavy atom. The molecule has 0 unspecified atom stereocenters. The van der Waals surface area contributed by atoms with Crippen molar-refractivity contribution in [1.82, 2.24) is 0 Å². The second kappa shape index (κ2) is 9.59. The number of unbranched alkanes of at least 4 members (excludes halogenated alkanes) is 5. The van der Waals surface area contributed by atoms with Crippen LogP contribution in [0.15, 0.2) is 24.3 Å². The van der Waals surface area contributed by atoms with Crippen molar-refractivity contribution in [2.45, 2.75) is 79.1 Å². The van der Waals surface area contributed by atoms with Crippen molar-refractivity contribution in [1.29, 1.82) is 0 Å². The maximum Gasteiger partial charge on any atom is 0.123 e. The van der Waals surface area contributed by atoms with Crippen molar-refractivity contribution in [2.24, 2.45) is 0 Å². The Hall–Kier alpha value is -1.54. The van der Waals surface area contributed by atoms with Gasteiger partial charge in [0.25, 0.3) is 0 Å². The quantitative estimate of drug-likeness (QED) is 0.320. The number of benzene rings is 2. The van der Waals surface area contributed by atoms with E-state index >= 15 is 0 Å². The van der Waals surface area contributed by atoms with Gasteiger partial charge < -0.3 is 4.74 Å². The smallest absolute Gasteiger partial charge is 0.123 e. The topological polar surface area (TPSA) is 9.23 Å². The van der Waals surface area contributed by atoms with E-state index in [0.717, 1.165) is 18.8 Å². The minimum atomic E-state index is 0.825. The minimum absolute atomic E-state index is 0.825. The van der Waals surface area contributed by atoms with Gasteiger partial charge in [-0.05, 0) is 56.4 Å². The lowest BCUT2D eigenvalue weighted by atomic mass is 9.99. The van der Waals surface area contributed by atoms with Crippen LogP contribution in [0.4, 0.5) is 0 Å². The van der Waals surface area contributed by atoms with Gasteiger partial charge in [-0.1, -0.05) is 58.1 Å². The Bertz CT molecular complexity index is 818. The molecule has 0 saturated carbocycles. The molecular weight excluding hydrogens is 348 g/mol. The minimum Gasteiger partial charge on any atom is -0.493 e. The van der Waals surface area contributed by atoms with E-state index in [2.05, 4.69) is 52.0 Å². The summed E-state index contributed by atoms with van der Waals surface area (Å²) in [7, 11) is 0. The molecule has 0 radical (unpaired) electrons. The van der Waals surface area contributed by atoms with Gasteiger partial charge in [-0.25, -0.2) is 0 Å². The molecule has 0 bridgehead atoms. The van der Waals surface area contributed by atoms with Crippen molar-refractivity contribution in [2.75, 3.05) is 6.61 Å². The summed E-state index contributed by atoms with van der Waals surface area (Å²) in [5.74, 6) is 1.06. The third kappa shape index (κ3) is 4.48. The van der Waals surface area contributed by atoms with E-state index in [1.807, 2.05) is 11.3 Å². The summed E-state index contributed by atoms with van der Waals surface area (Å²) >= 11 is 1.95. The molecule has 3 rings (SSSR count). The molecule has 146 valence electrons. The SMILES string of the molecule is CCCCCCc1ccc2c(sc3c(C)c(OCCCCC)ccc32)c1C. The third-order valence-corrected chi connectivity index (χ3v) is 7.13. The van der Waals surface area contributed by atoms with E-state index < -0.39 is 0 Å². The van der Waals surface area contributed by atoms with E-state index in [1.165, 1.54) is 81.8 Å². The summed E-state index contributed by atoms with van der Waals surface area (Å²) in [5, 5.41) is 2.79. The summed E-state index contributed by atoms with van der Waals surface area (Å²) in [6, 6.07) is 9.14. The van der Waals surface area contributed by atoms with Crippen molar-refractivity contribution in [3.63, 3.8) is 0 Å². The summed E-state index contributed by atoms with van der Waals surface area (Å²) in [5.41, 5.74) is 4.31. The molecule has 0 N–H and O–H groups in total. The molecule has 0 saturated heterocycles. The summed E-state index contributed by atoms with van der Waals surface area (Å²) in [6.07, 6.45) is 10.1. The Morgan fingerprint density at radius 2 is 1.41 bits per heavy atom. The third-order valence-electron chi connectivity index (χ3n) is 5.67. The number of hydrogen-bond donors (Lipinski definition) is 0. The standard InChI is InChI=1S/C25H34OS/c1-5-7-9-10-12-20-13-14-21-22-15-16-23(26-17-11-8-6-2)19(4)25(22)27-24(21)18(20)3/h13-16H,5-12,17H2,1-4H3. The van der Waals surface area contributed by atoms with Gasteiger partial charge in [0.05, 0.1) is 6.61 Å². The molecular formula is C25H34OS. The fourth-order valence-electron chi connectivity index (χ4n) is 3.90. The summed E-state index contributed by atoms with van der Waals surface area (Å²) < 4.78 is 8.93. The molecule has 2 heteroatoms. The fraction of sp³-hybridized carbons (Fsp3) is 0.520. The Morgan fingerprint density at radius 1 is 0.741 bits per heavy atom. The lowest BCUT2D eigenvalue weighted by Crippen LogP contribution is -1.98. The predicted octanol–water partition coefficient (Wildman–Crippen LogP) is 8.36. The Kier molecular flexibility index (Phi) is 7.18. The molecule has 0 spiro atoms. The first-order chi connectivity index (χ1) is 13.2. The molecule has 2 aromatic carbocycles. The summed E-state index contributed by atoms with van der Waals surface area (Å²) in [4.78, 5) is 0. The van der Waals surface area contributed by atoms with Gasteiger partial charge in [0, 0.05) is 25.7 Å². The lowest BCUT2D eigenvalue weighted by molar-refractivity contribution is 0.305. The van der Waals surface area contributed by atoms with Gasteiger partial charge in [0.2, 0.25) is 0 Å². The first-order valence-electron chi connectivity index (χ1n) is 10.7. The second-order valence-electron chi connectivity index (χ2n) is 7.76. The highest BCUT2D eigenvalue weighted by Gasteiger charge is 2.14. The fourth-order valence-corrected chi connectivity index (χ4v) is 5.22. The van der Waals surface area contributed by atoms with E-state index in [-0.39, 0.29) is 0 Å². The molecule has 0 amide bonds. The second-order valence-corrected chi connectivity index (χ2v) is 8.78. The van der Waals surface area contributed by atoms with Crippen LogP contribution in [0.25, 0.3) is 20.2 Å². The van der Waals surface area contributed by atoms with Crippen LogP contribution in [-0.4, -0.2) is 6.61 Å². The maximum absolute atomic E-state index is 6.08. The van der Waals surface area contributed by atoms with E-state index in [4.69, 9.17) is 4.74 Å². The molecule has 0 fully saturated rings. The zero-order chi connectivity index (χ0) is 19.2. The molecule has 0 aliphatic rings. The van der Waals surface area contributed by atoms with Crippen LogP contribution >= 0.6 is 11.3 Å². The van der Waals surface area contributed by atoms with E-state index in [9.17, 15) is 0 Å². The zero-order valence-electron chi connectivity index (χ0n) is 17.5. The molecule has 1 heterocycles. The predicted molar refractivity (Wildman–Crippen MR) is 122 cm³/mol. The average Bonchev–Trinajstić information content (AvgIpc) is 3.06. The number of thiophene rings is 1. The summed E-state index contributed by atoms with van der Waals surface area (Å²) in [6.45, 7) is 9.86. The molecule has 1 nitrogen and oxygen atoms in total. The Labute approximate surface area is 168 Å². The maximum atomic E-state index is 6.08. The molecule has 0 aliphatic heterocycles. The Balaban J connectivity index is 1.88. The number of fused-ring (bicyclic) bond motifs is 3. The normalized spacial score (nSPS) is 11.6. The monoisotopic (exact) mass is 382 g/mol. The van der Waals surface area contributed by atoms with Crippen molar-refractivity contribution in [3.05, 3.63) is 41.0 Å². The van der Waals surface area contributed by atoms with Crippen LogP contribution in [0.1, 0.15) is 75.5 Å². The number of hydrogen-bond acceptors (Lipinski definition) is 2. The van der Waals surface area contributed by atoms with Crippen LogP contribution in [-0.2, 0) is 6.42 Å². The lowest BCUT2D eigenvalue weighted by Gasteiger charge is -2.09. The van der Waals surface area contributed by atoms with Crippen LogP contribution < -0.4 is 4.74 Å². The largest absolute Gasteiger partial charge is 0.493 e. The van der Waals surface area contributed by atoms with Gasteiger partial charge in [0.1, 0.15) is 5.75 Å². The molecule has 3 aromatic rings. The van der Waals surface area contributed by atoms with Gasteiger partial charge in [-0.2, -0.15) is 0 Å². The van der Waals surface area contributed by atoms with Crippen LogP contribution in [0.3, 0.4) is 0 Å². The van der Waals surface area contributed by atoms with Crippen LogP contribution in [0.2, 0.25) is 0 Å². The van der Waals surface area contributed by atoms with Crippen LogP contribution in [0.5, 0.6) is 5.75 Å². The molecule has 0 atom stereocenters. The van der Waals surface area contributed by atoms with Gasteiger partial charge in [-0.15, -0.1) is 11.3 Å². The first-order valence-corrected chi connectivity index (χ1v) is 11.6. The number of aryl methyl sites for hydroxylation is 3. The molecule has 1 aromatic heterocycles. The highest BCUT2D eigenvalue weighted by molar-refractivity contribution is 7.26. The number of ether oxygens (including phenoxy) is 1. The molecule has 0 aliphatic carbocycles. The van der Waals surface area contributed by atoms with Gasteiger partial charge >= 0.3 is 0 Å². The highest BCUT2D eigenvalue weighted by atomic mass is 32.1. The van der Waals surface area contributed by atoms with Gasteiger partial charge in [-0.3, -0.25) is 0 Å². The average molecular weight is 383 g/mol. The van der Waals surface area contributed by atoms with Crippen molar-refractivity contribution < 1.29 is 4.74 Å². The van der Waals surface area contributed by atoms with E-state index in [1.54, 1.807) is 0 Å². The number of rotatable bonds is 10. The van der Waals surface area contributed by atoms with Crippen LogP contribution in [0, 0.1) is 13.8 Å². The molecule has 27 heavy (non-hydrogen) atoms.